The molecule has 2 aromatic carbocycles. The first-order valence-corrected chi connectivity index (χ1v) is 9.05. The molecule has 0 heterocycles. The van der Waals surface area contributed by atoms with Crippen molar-refractivity contribution in [2.45, 2.75) is 6.92 Å². The number of esters is 1. The molecular weight excluding hydrogens is 394 g/mol. The molecule has 0 fully saturated rings. The number of carbonyl (C=O) groups is 2. The van der Waals surface area contributed by atoms with Crippen LogP contribution in [0, 0.1) is 0 Å². The lowest BCUT2D eigenvalue weighted by Gasteiger charge is -2.14. The van der Waals surface area contributed by atoms with E-state index in [-0.39, 0.29) is 5.56 Å². The van der Waals surface area contributed by atoms with Crippen molar-refractivity contribution in [1.82, 2.24) is 0 Å². The van der Waals surface area contributed by atoms with E-state index in [0.717, 1.165) is 0 Å². The maximum Gasteiger partial charge on any atom is 0.338 e. The Morgan fingerprint density at radius 1 is 0.833 bits per heavy atom. The van der Waals surface area contributed by atoms with Gasteiger partial charge in [0.05, 0.1) is 40.6 Å². The zero-order valence-electron chi connectivity index (χ0n) is 17.6. The van der Waals surface area contributed by atoms with E-state index in [1.165, 1.54) is 40.6 Å². The molecule has 2 aromatic rings. The molecule has 0 aliphatic heterocycles. The molecule has 9 nitrogen and oxygen atoms in total. The average molecular weight is 419 g/mol. The Morgan fingerprint density at radius 3 is 2.00 bits per heavy atom. The average Bonchev–Trinajstić information content (AvgIpc) is 2.76. The van der Waals surface area contributed by atoms with Crippen molar-refractivity contribution in [3.8, 4) is 28.7 Å². The summed E-state index contributed by atoms with van der Waals surface area (Å²) in [6.45, 7) is 1.75. The standard InChI is InChI=1S/C21H25NO8/c1-6-29-16-9-13(7-8-15(16)25-2)21(24)30-12-19(23)22-14-10-17(26-3)20(28-5)18(11-14)27-4/h7-11H,6,12H2,1-5H3,(H,22,23). The number of nitrogens with one attached hydrogen (secondary N) is 1. The van der Waals surface area contributed by atoms with Crippen molar-refractivity contribution in [2.24, 2.45) is 0 Å². The van der Waals surface area contributed by atoms with E-state index in [1.54, 1.807) is 18.2 Å². The van der Waals surface area contributed by atoms with Crippen molar-refractivity contribution in [3.63, 3.8) is 0 Å². The second-order valence-corrected chi connectivity index (χ2v) is 5.84. The number of methoxy groups -OCH3 is 4. The Morgan fingerprint density at radius 2 is 1.47 bits per heavy atom. The van der Waals surface area contributed by atoms with Crippen LogP contribution in [-0.2, 0) is 9.53 Å². The third kappa shape index (κ3) is 5.47. The van der Waals surface area contributed by atoms with Crippen LogP contribution in [0.5, 0.6) is 28.7 Å². The molecule has 0 atom stereocenters. The summed E-state index contributed by atoms with van der Waals surface area (Å²) in [5.41, 5.74) is 0.633. The summed E-state index contributed by atoms with van der Waals surface area (Å²) in [5, 5.41) is 2.62. The minimum atomic E-state index is -0.668. The molecule has 9 heteroatoms. The summed E-state index contributed by atoms with van der Waals surface area (Å²) in [5.74, 6) is 0.866. The molecule has 0 saturated heterocycles. The van der Waals surface area contributed by atoms with Crippen LogP contribution in [0.3, 0.4) is 0 Å². The van der Waals surface area contributed by atoms with Gasteiger partial charge < -0.3 is 33.7 Å². The molecular formula is C21H25NO8. The van der Waals surface area contributed by atoms with Crippen LogP contribution in [0.1, 0.15) is 17.3 Å². The van der Waals surface area contributed by atoms with E-state index in [1.807, 2.05) is 6.92 Å². The fourth-order valence-corrected chi connectivity index (χ4v) is 2.64. The van der Waals surface area contributed by atoms with Crippen LogP contribution in [0.15, 0.2) is 30.3 Å². The highest BCUT2D eigenvalue weighted by Crippen LogP contribution is 2.39. The Balaban J connectivity index is 2.04. The number of rotatable bonds is 10. The zero-order chi connectivity index (χ0) is 22.1. The van der Waals surface area contributed by atoms with Gasteiger partial charge in [-0.25, -0.2) is 4.79 Å². The molecule has 0 unspecified atom stereocenters. The second kappa shape index (κ2) is 10.8. The van der Waals surface area contributed by atoms with Gasteiger partial charge in [0, 0.05) is 17.8 Å². The van der Waals surface area contributed by atoms with E-state index in [4.69, 9.17) is 28.4 Å². The quantitative estimate of drug-likeness (QED) is 0.587. The number of hydrogen-bond acceptors (Lipinski definition) is 8. The zero-order valence-corrected chi connectivity index (χ0v) is 17.6. The van der Waals surface area contributed by atoms with Crippen LogP contribution in [-0.4, -0.2) is 53.5 Å². The summed E-state index contributed by atoms with van der Waals surface area (Å²) < 4.78 is 31.4. The minimum Gasteiger partial charge on any atom is -0.493 e. The van der Waals surface area contributed by atoms with Crippen molar-refractivity contribution in [2.75, 3.05) is 47.0 Å². The predicted octanol–water partition coefficient (Wildman–Crippen LogP) is 2.92. The van der Waals surface area contributed by atoms with Gasteiger partial charge in [0.2, 0.25) is 5.75 Å². The molecule has 1 amide bonds. The van der Waals surface area contributed by atoms with Crippen LogP contribution in [0.2, 0.25) is 0 Å². The fraction of sp³-hybridized carbons (Fsp3) is 0.333. The number of hydrogen-bond donors (Lipinski definition) is 1. The van der Waals surface area contributed by atoms with Gasteiger partial charge in [-0.15, -0.1) is 0 Å². The van der Waals surface area contributed by atoms with Crippen molar-refractivity contribution >= 4 is 17.6 Å². The number of ether oxygens (including phenoxy) is 6. The van der Waals surface area contributed by atoms with Crippen molar-refractivity contribution in [3.05, 3.63) is 35.9 Å². The number of anilines is 1. The topological polar surface area (TPSA) is 102 Å². The molecule has 0 saturated carbocycles. The molecule has 2 rings (SSSR count). The summed E-state index contributed by atoms with van der Waals surface area (Å²) >= 11 is 0. The monoisotopic (exact) mass is 419 g/mol. The lowest BCUT2D eigenvalue weighted by atomic mass is 10.2. The first kappa shape index (κ1) is 22.7. The predicted molar refractivity (Wildman–Crippen MR) is 109 cm³/mol. The summed E-state index contributed by atoms with van der Waals surface area (Å²) in [7, 11) is 5.92. The van der Waals surface area contributed by atoms with E-state index in [0.29, 0.717) is 41.0 Å². The molecule has 30 heavy (non-hydrogen) atoms. The molecule has 0 bridgehead atoms. The number of benzene rings is 2. The van der Waals surface area contributed by atoms with Crippen molar-refractivity contribution in [1.29, 1.82) is 0 Å². The van der Waals surface area contributed by atoms with Crippen LogP contribution >= 0.6 is 0 Å². The van der Waals surface area contributed by atoms with Gasteiger partial charge >= 0.3 is 5.97 Å². The third-order valence-corrected chi connectivity index (χ3v) is 3.98. The van der Waals surface area contributed by atoms with Gasteiger partial charge in [-0.3, -0.25) is 4.79 Å². The van der Waals surface area contributed by atoms with Gasteiger partial charge in [-0.2, -0.15) is 0 Å². The van der Waals surface area contributed by atoms with Crippen LogP contribution < -0.4 is 29.0 Å². The van der Waals surface area contributed by atoms with E-state index >= 15 is 0 Å². The summed E-state index contributed by atoms with van der Waals surface area (Å²) in [4.78, 5) is 24.5. The van der Waals surface area contributed by atoms with E-state index < -0.39 is 18.5 Å². The lowest BCUT2D eigenvalue weighted by Crippen LogP contribution is -2.21. The Kier molecular flexibility index (Phi) is 8.16. The second-order valence-electron chi connectivity index (χ2n) is 5.84. The minimum absolute atomic E-state index is 0.236. The molecule has 0 aliphatic rings. The highest BCUT2D eigenvalue weighted by Gasteiger charge is 2.17. The molecule has 162 valence electrons. The van der Waals surface area contributed by atoms with Gasteiger partial charge in [0.25, 0.3) is 5.91 Å². The Bertz CT molecular complexity index is 872. The van der Waals surface area contributed by atoms with Gasteiger partial charge in [-0.05, 0) is 25.1 Å². The Labute approximate surface area is 174 Å². The SMILES string of the molecule is CCOc1cc(C(=O)OCC(=O)Nc2cc(OC)c(OC)c(OC)c2)ccc1OC. The smallest absolute Gasteiger partial charge is 0.338 e. The van der Waals surface area contributed by atoms with E-state index in [9.17, 15) is 9.59 Å². The summed E-state index contributed by atoms with van der Waals surface area (Å²) in [6, 6.07) is 7.76. The van der Waals surface area contributed by atoms with E-state index in [2.05, 4.69) is 5.32 Å². The normalized spacial score (nSPS) is 10.0. The molecule has 1 N–H and O–H groups in total. The molecule has 0 aliphatic carbocycles. The lowest BCUT2D eigenvalue weighted by molar-refractivity contribution is -0.119. The maximum absolute atomic E-state index is 12.3. The molecule has 0 spiro atoms. The Hall–Kier alpha value is -3.62. The first-order valence-electron chi connectivity index (χ1n) is 9.05. The highest BCUT2D eigenvalue weighted by molar-refractivity contribution is 5.96. The fourth-order valence-electron chi connectivity index (χ4n) is 2.64. The highest BCUT2D eigenvalue weighted by atomic mass is 16.5. The largest absolute Gasteiger partial charge is 0.493 e. The van der Waals surface area contributed by atoms with Gasteiger partial charge in [0.1, 0.15) is 0 Å². The van der Waals surface area contributed by atoms with Gasteiger partial charge in [-0.1, -0.05) is 0 Å². The number of amides is 1. The van der Waals surface area contributed by atoms with Crippen LogP contribution in [0.4, 0.5) is 5.69 Å². The molecule has 0 aromatic heterocycles. The third-order valence-electron chi connectivity index (χ3n) is 3.98. The van der Waals surface area contributed by atoms with Crippen LogP contribution in [0.25, 0.3) is 0 Å². The van der Waals surface area contributed by atoms with Crippen molar-refractivity contribution < 1.29 is 38.0 Å². The maximum atomic E-state index is 12.3. The molecule has 0 radical (unpaired) electrons. The number of carbonyl (C=O) groups excluding carboxylic acids is 2. The summed E-state index contributed by atoms with van der Waals surface area (Å²) in [6.07, 6.45) is 0. The first-order chi connectivity index (χ1) is 14.5. The van der Waals surface area contributed by atoms with Gasteiger partial charge in [0.15, 0.2) is 29.6 Å².